The molecule has 0 aromatic heterocycles. The number of alkyl halides is 24. The molecule has 70 heavy (non-hydrogen) atoms. The van der Waals surface area contributed by atoms with Crippen LogP contribution in [0.5, 0.6) is 0 Å². The third-order valence-electron chi connectivity index (χ3n) is 10.0. The summed E-state index contributed by atoms with van der Waals surface area (Å²) in [6.07, 6.45) is -37.2. The van der Waals surface area contributed by atoms with E-state index in [-0.39, 0.29) is 16.5 Å². The number of unbranched alkanes of at least 4 members (excludes halogenated alkanes) is 1. The van der Waals surface area contributed by atoms with E-state index in [4.69, 9.17) is 0 Å². The fourth-order valence-electron chi connectivity index (χ4n) is 6.93. The van der Waals surface area contributed by atoms with Crippen LogP contribution in [-0.2, 0) is 65.9 Å². The van der Waals surface area contributed by atoms with Gasteiger partial charge in [0.05, 0.1) is 44.5 Å². The van der Waals surface area contributed by atoms with Gasteiger partial charge >= 0.3 is 65.9 Å². The number of hydrogen-bond acceptors (Lipinski definition) is 0. The summed E-state index contributed by atoms with van der Waals surface area (Å²) in [6, 6.07) is -8.81. The van der Waals surface area contributed by atoms with Crippen molar-refractivity contribution >= 4 is 28.0 Å². The molecule has 0 saturated heterocycles. The van der Waals surface area contributed by atoms with Gasteiger partial charge in [0.25, 0.3) is 0 Å². The molecule has 0 atom stereocenters. The van der Waals surface area contributed by atoms with Gasteiger partial charge in [-0.1, -0.05) is 79.8 Å². The van der Waals surface area contributed by atoms with E-state index >= 15 is 0 Å². The minimum Gasteiger partial charge on any atom is -0.194 e. The maximum Gasteiger partial charge on any atom is 2.00 e. The van der Waals surface area contributed by atoms with Gasteiger partial charge < -0.3 is 0 Å². The molecule has 1 aliphatic carbocycles. The van der Waals surface area contributed by atoms with Crippen LogP contribution in [-0.4, -0.2) is 6.15 Å². The topological polar surface area (TPSA) is 0 Å². The first-order chi connectivity index (χ1) is 31.2. The first-order valence-electron chi connectivity index (χ1n) is 19.2. The van der Waals surface area contributed by atoms with Gasteiger partial charge in [0, 0.05) is 0 Å². The maximum absolute atomic E-state index is 14.2. The molecule has 4 aromatic carbocycles. The number of hydrogen-bond donors (Lipinski definition) is 0. The van der Waals surface area contributed by atoms with Gasteiger partial charge in [-0.25, -0.2) is 0 Å². The minimum absolute atomic E-state index is 0. The normalized spacial score (nSPS) is 15.3. The molecule has 0 heterocycles. The maximum atomic E-state index is 14.2. The predicted octanol–water partition coefficient (Wildman–Crippen LogP) is 15.1. The van der Waals surface area contributed by atoms with Crippen LogP contribution in [0.15, 0.2) is 97.1 Å². The van der Waals surface area contributed by atoms with Crippen LogP contribution in [0, 0.1) is 19.8 Å². The van der Waals surface area contributed by atoms with E-state index in [9.17, 15) is 105 Å². The molecule has 5 rings (SSSR count). The summed E-state index contributed by atoms with van der Waals surface area (Å²) in [7, 11) is 0. The Bertz CT molecular complexity index is 1960. The summed E-state index contributed by atoms with van der Waals surface area (Å²) in [5, 5.41) is 0. The molecular weight excluding hydrogens is 1050 g/mol. The molecule has 0 unspecified atom stereocenters. The van der Waals surface area contributed by atoms with E-state index in [0.717, 1.165) is 0 Å². The van der Waals surface area contributed by atoms with E-state index in [0.29, 0.717) is 0 Å². The molecule has 0 amide bonds. The second-order valence-electron chi connectivity index (χ2n) is 14.9. The van der Waals surface area contributed by atoms with Crippen molar-refractivity contribution in [1.82, 2.24) is 0 Å². The Labute approximate surface area is 392 Å². The zero-order chi connectivity index (χ0) is 53.0. The van der Waals surface area contributed by atoms with Gasteiger partial charge in [-0.3, -0.25) is 0 Å². The SMILES string of the molecule is C1=C\CC/C=C\CC/1.FC(F)(F)c1cc([B-](c2cc(C(F)(F)F)cc(C(F)(F)F)c2)(c2cc(C(F)(F)F)cc(C(F)(F)F)c2)c2cc(C(F)(F)F)cc(C(F)(F)F)c2)cc(C(F)(F)F)c1.[CH2][CH][CH]C.[Ni+2]. The summed E-state index contributed by atoms with van der Waals surface area (Å²) in [5.74, 6) is 0. The van der Waals surface area contributed by atoms with Gasteiger partial charge in [0.1, 0.15) is 6.15 Å². The molecular formula is C44H31BF24Ni+. The minimum atomic E-state index is -6.13. The standard InChI is InChI=1S/C32H12BF24.C8H12.C4H7.Ni/c34-25(35,36)13-1-14(26(37,38)39)6-21(5-13)33(22-7-15(27(40,41)42)2-16(8-22)28(43,44)45,23-9-17(29(46,47)48)3-18(10-23)30(49,50)51)24-11-19(31(52,53)54)4-20(12-24)32(55,56)57;1-2-4-6-8-7-5-3-1;1-3-4-2;/h1-12H;1-2,7-8H,3-6H2;3-4H,1H2,2H3;/q-1;;;+2/b;2-1-,8-7-;;. The molecule has 0 N–H and O–H groups in total. The number of halogens is 24. The summed E-state index contributed by atoms with van der Waals surface area (Å²) in [5.41, 5.74) is -30.2. The second-order valence-corrected chi connectivity index (χ2v) is 14.9. The Kier molecular flexibility index (Phi) is 19.6. The Hall–Kier alpha value is -4.76. The van der Waals surface area contributed by atoms with Crippen molar-refractivity contribution in [2.75, 3.05) is 0 Å². The molecule has 3 radical (unpaired) electrons. The summed E-state index contributed by atoms with van der Waals surface area (Å²) >= 11 is 0. The molecule has 0 bridgehead atoms. The monoisotopic (exact) mass is 1080 g/mol. The van der Waals surface area contributed by atoms with Crippen LogP contribution in [0.2, 0.25) is 0 Å². The van der Waals surface area contributed by atoms with Crippen molar-refractivity contribution < 1.29 is 122 Å². The van der Waals surface area contributed by atoms with Crippen molar-refractivity contribution in [1.29, 1.82) is 0 Å². The molecule has 0 spiro atoms. The molecule has 4 aromatic rings. The van der Waals surface area contributed by atoms with Crippen LogP contribution in [0.3, 0.4) is 0 Å². The van der Waals surface area contributed by atoms with Crippen molar-refractivity contribution in [3.05, 3.63) is 161 Å². The Morgan fingerprint density at radius 1 is 0.314 bits per heavy atom. The van der Waals surface area contributed by atoms with Gasteiger partial charge in [0.15, 0.2) is 0 Å². The fourth-order valence-corrected chi connectivity index (χ4v) is 6.93. The summed E-state index contributed by atoms with van der Waals surface area (Å²) < 4.78 is 341. The van der Waals surface area contributed by atoms with E-state index < -0.39 is 195 Å². The second kappa shape index (κ2) is 22.3. The zero-order valence-electron chi connectivity index (χ0n) is 34.9. The Morgan fingerprint density at radius 2 is 0.443 bits per heavy atom. The number of benzene rings is 4. The van der Waals surface area contributed by atoms with Gasteiger partial charge in [-0.15, -0.1) is 0 Å². The molecule has 387 valence electrons. The van der Waals surface area contributed by atoms with E-state index in [1.807, 2.05) is 13.3 Å². The van der Waals surface area contributed by atoms with Crippen LogP contribution in [0.1, 0.15) is 77.1 Å². The first kappa shape index (κ1) is 61.4. The Balaban J connectivity index is 0.00000113. The van der Waals surface area contributed by atoms with Crippen molar-refractivity contribution in [2.24, 2.45) is 0 Å². The number of allylic oxidation sites excluding steroid dienone is 4. The molecule has 26 heteroatoms. The molecule has 0 fully saturated rings. The quantitative estimate of drug-likeness (QED) is 0.106. The largest absolute Gasteiger partial charge is 2.00 e. The molecule has 1 aliphatic rings. The van der Waals surface area contributed by atoms with E-state index in [2.05, 4.69) is 31.2 Å². The van der Waals surface area contributed by atoms with Crippen LogP contribution in [0.4, 0.5) is 105 Å². The van der Waals surface area contributed by atoms with Gasteiger partial charge in [0.2, 0.25) is 0 Å². The molecule has 0 saturated carbocycles. The van der Waals surface area contributed by atoms with Crippen LogP contribution in [0.25, 0.3) is 0 Å². The predicted molar refractivity (Wildman–Crippen MR) is 206 cm³/mol. The smallest absolute Gasteiger partial charge is 0.194 e. The van der Waals surface area contributed by atoms with Crippen LogP contribution >= 0.6 is 0 Å². The van der Waals surface area contributed by atoms with Crippen molar-refractivity contribution in [3.63, 3.8) is 0 Å². The first-order valence-corrected chi connectivity index (χ1v) is 19.2. The average Bonchev–Trinajstić information content (AvgIpc) is 3.18. The third-order valence-corrected chi connectivity index (χ3v) is 10.0. The molecule has 0 nitrogen and oxygen atoms in total. The van der Waals surface area contributed by atoms with E-state index in [1.165, 1.54) is 25.7 Å². The third kappa shape index (κ3) is 15.9. The molecule has 0 aliphatic heterocycles. The Morgan fingerprint density at radius 3 is 0.543 bits per heavy atom. The van der Waals surface area contributed by atoms with Gasteiger partial charge in [-0.05, 0) is 69.7 Å². The average molecular weight is 1090 g/mol. The summed E-state index contributed by atoms with van der Waals surface area (Å²) in [6.45, 7) is 5.36. The fraction of sp³-hybridized carbons (Fsp3) is 0.295. The van der Waals surface area contributed by atoms with Crippen molar-refractivity contribution in [3.8, 4) is 0 Å². The summed E-state index contributed by atoms with van der Waals surface area (Å²) in [4.78, 5) is 0. The van der Waals surface area contributed by atoms with E-state index in [1.54, 1.807) is 6.42 Å². The van der Waals surface area contributed by atoms with Crippen molar-refractivity contribution in [2.45, 2.75) is 82.0 Å². The zero-order valence-corrected chi connectivity index (χ0v) is 35.9. The van der Waals surface area contributed by atoms with Gasteiger partial charge in [-0.2, -0.15) is 127 Å². The van der Waals surface area contributed by atoms with Crippen LogP contribution < -0.4 is 21.9 Å². The number of rotatable bonds is 5.